The lowest BCUT2D eigenvalue weighted by molar-refractivity contribution is 0.424. The largest absolute Gasteiger partial charge is 0.356 e. The number of rotatable bonds is 1. The van der Waals surface area contributed by atoms with Crippen molar-refractivity contribution in [1.82, 2.24) is 24.8 Å². The monoisotopic (exact) mass is 339 g/mol. The summed E-state index contributed by atoms with van der Waals surface area (Å²) in [6, 6.07) is 5.64. The van der Waals surface area contributed by atoms with Crippen LogP contribution >= 0.6 is 11.6 Å². The maximum absolute atomic E-state index is 6.17. The van der Waals surface area contributed by atoms with Gasteiger partial charge in [0.1, 0.15) is 6.33 Å². The molecule has 1 aliphatic heterocycles. The highest BCUT2D eigenvalue weighted by Gasteiger charge is 2.27. The number of hydrogen-bond donors (Lipinski definition) is 0. The average Bonchev–Trinajstić information content (AvgIpc) is 3.27. The number of hydrogen-bond acceptors (Lipinski definition) is 6. The van der Waals surface area contributed by atoms with Crippen molar-refractivity contribution in [2.45, 2.75) is 13.3 Å². The van der Waals surface area contributed by atoms with Crippen LogP contribution in [-0.4, -0.2) is 24.8 Å². The predicted molar refractivity (Wildman–Crippen MR) is 84.9 cm³/mol. The van der Waals surface area contributed by atoms with Crippen LogP contribution in [0.4, 0.5) is 0 Å². The molecular formula is C16H10ClN5O2. The summed E-state index contributed by atoms with van der Waals surface area (Å²) in [6.45, 7) is 1.77. The Morgan fingerprint density at radius 1 is 1.25 bits per heavy atom. The van der Waals surface area contributed by atoms with E-state index < -0.39 is 0 Å². The van der Waals surface area contributed by atoms with Crippen molar-refractivity contribution < 1.29 is 9.05 Å². The number of imidazole rings is 1. The van der Waals surface area contributed by atoms with Crippen molar-refractivity contribution in [2.75, 3.05) is 0 Å². The molecule has 1 aliphatic rings. The highest BCUT2D eigenvalue weighted by Crippen LogP contribution is 2.38. The maximum atomic E-state index is 6.17. The van der Waals surface area contributed by atoms with E-state index in [-0.39, 0.29) is 0 Å². The molecule has 0 saturated carbocycles. The summed E-state index contributed by atoms with van der Waals surface area (Å²) in [5.74, 6) is 1.68. The molecule has 7 nitrogen and oxygen atoms in total. The summed E-state index contributed by atoms with van der Waals surface area (Å²) in [6.07, 6.45) is 4.05. The van der Waals surface area contributed by atoms with Crippen LogP contribution in [0.3, 0.4) is 0 Å². The quantitative estimate of drug-likeness (QED) is 0.465. The average molecular weight is 340 g/mol. The van der Waals surface area contributed by atoms with Crippen LogP contribution in [0.1, 0.15) is 17.1 Å². The first kappa shape index (κ1) is 13.5. The zero-order valence-corrected chi connectivity index (χ0v) is 13.3. The number of fused-ring (bicyclic) bond motifs is 5. The molecule has 118 valence electrons. The van der Waals surface area contributed by atoms with E-state index in [9.17, 15) is 0 Å². The van der Waals surface area contributed by atoms with Crippen LogP contribution in [0.5, 0.6) is 0 Å². The van der Waals surface area contributed by atoms with Crippen LogP contribution in [0.2, 0.25) is 5.02 Å². The second kappa shape index (κ2) is 4.78. The topological polar surface area (TPSA) is 82.8 Å². The molecule has 0 bridgehead atoms. The van der Waals surface area contributed by atoms with Gasteiger partial charge < -0.3 is 13.6 Å². The van der Waals surface area contributed by atoms with Crippen LogP contribution in [0.25, 0.3) is 28.6 Å². The molecule has 0 N–H and O–H groups in total. The highest BCUT2D eigenvalue weighted by atomic mass is 35.5. The van der Waals surface area contributed by atoms with Gasteiger partial charge in [-0.3, -0.25) is 0 Å². The van der Waals surface area contributed by atoms with Gasteiger partial charge in [0.25, 0.3) is 5.89 Å². The Morgan fingerprint density at radius 2 is 2.17 bits per heavy atom. The molecule has 1 aromatic carbocycles. The first-order valence-corrected chi connectivity index (χ1v) is 7.69. The van der Waals surface area contributed by atoms with Crippen LogP contribution in [-0.2, 0) is 6.42 Å². The van der Waals surface area contributed by atoms with Crippen molar-refractivity contribution in [1.29, 1.82) is 0 Å². The second-order valence-corrected chi connectivity index (χ2v) is 6.01. The first-order valence-electron chi connectivity index (χ1n) is 7.31. The van der Waals surface area contributed by atoms with E-state index in [2.05, 4.69) is 20.3 Å². The van der Waals surface area contributed by atoms with Gasteiger partial charge in [-0.2, -0.15) is 4.98 Å². The van der Waals surface area contributed by atoms with Gasteiger partial charge in [-0.1, -0.05) is 21.9 Å². The lowest BCUT2D eigenvalue weighted by atomic mass is 10.1. The Kier molecular flexibility index (Phi) is 2.69. The van der Waals surface area contributed by atoms with Crippen LogP contribution < -0.4 is 0 Å². The second-order valence-electron chi connectivity index (χ2n) is 5.58. The van der Waals surface area contributed by atoms with Crippen molar-refractivity contribution in [3.8, 4) is 28.6 Å². The molecule has 0 saturated heterocycles. The molecule has 0 spiro atoms. The molecule has 0 aliphatic carbocycles. The SMILES string of the molecule is Cc1noc(-c2ncn3c2Cc2cnoc2-c2cc(Cl)ccc2-3)n1. The van der Waals surface area contributed by atoms with E-state index in [0.29, 0.717) is 34.6 Å². The van der Waals surface area contributed by atoms with Gasteiger partial charge in [0.15, 0.2) is 17.3 Å². The first-order chi connectivity index (χ1) is 11.7. The summed E-state index contributed by atoms with van der Waals surface area (Å²) >= 11 is 6.17. The van der Waals surface area contributed by atoms with E-state index >= 15 is 0 Å². The minimum absolute atomic E-state index is 0.400. The molecule has 4 heterocycles. The smallest absolute Gasteiger partial charge is 0.278 e. The van der Waals surface area contributed by atoms with Crippen LogP contribution in [0.15, 0.2) is 39.8 Å². The molecule has 24 heavy (non-hydrogen) atoms. The number of nitrogens with zero attached hydrogens (tertiary/aromatic N) is 5. The molecule has 4 aromatic rings. The Hall–Kier alpha value is -2.93. The van der Waals surface area contributed by atoms with E-state index in [1.54, 1.807) is 19.4 Å². The van der Waals surface area contributed by atoms with Crippen molar-refractivity contribution in [3.05, 3.63) is 52.8 Å². The lowest BCUT2D eigenvalue weighted by Gasteiger charge is -2.09. The van der Waals surface area contributed by atoms with Crippen molar-refractivity contribution in [3.63, 3.8) is 0 Å². The highest BCUT2D eigenvalue weighted by molar-refractivity contribution is 6.31. The third-order valence-electron chi connectivity index (χ3n) is 4.06. The van der Waals surface area contributed by atoms with Gasteiger partial charge in [-0.25, -0.2) is 4.98 Å². The summed E-state index contributed by atoms with van der Waals surface area (Å²) in [5.41, 5.74) is 4.34. The van der Waals surface area contributed by atoms with E-state index in [0.717, 1.165) is 22.5 Å². The molecule has 8 heteroatoms. The number of aryl methyl sites for hydroxylation is 1. The molecule has 0 amide bonds. The Labute approximate surface area is 140 Å². The normalized spacial score (nSPS) is 12.4. The standard InChI is InChI=1S/C16H10ClN5O2/c1-8-20-16(24-21-8)14-13-4-9-6-19-23-15(9)11-5-10(17)2-3-12(11)22(13)7-18-14/h2-3,5-7H,4H2,1H3. The van der Waals surface area contributed by atoms with Gasteiger partial charge in [-0.15, -0.1) is 0 Å². The number of aromatic nitrogens is 5. The fourth-order valence-corrected chi connectivity index (χ4v) is 3.18. The Balaban J connectivity index is 1.81. The fourth-order valence-electron chi connectivity index (χ4n) is 3.01. The minimum atomic E-state index is 0.400. The summed E-state index contributed by atoms with van der Waals surface area (Å²) in [5, 5.41) is 8.42. The number of halogens is 1. The zero-order valence-electron chi connectivity index (χ0n) is 12.5. The van der Waals surface area contributed by atoms with Gasteiger partial charge >= 0.3 is 0 Å². The van der Waals surface area contributed by atoms with Gasteiger partial charge in [0.2, 0.25) is 0 Å². The summed E-state index contributed by atoms with van der Waals surface area (Å²) < 4.78 is 12.8. The summed E-state index contributed by atoms with van der Waals surface area (Å²) in [4.78, 5) is 8.78. The van der Waals surface area contributed by atoms with Crippen molar-refractivity contribution >= 4 is 11.6 Å². The molecule has 3 aromatic heterocycles. The summed E-state index contributed by atoms with van der Waals surface area (Å²) in [7, 11) is 0. The third-order valence-corrected chi connectivity index (χ3v) is 4.30. The molecule has 5 rings (SSSR count). The number of benzene rings is 1. The van der Waals surface area contributed by atoms with Gasteiger partial charge in [-0.05, 0) is 25.1 Å². The molecule has 0 radical (unpaired) electrons. The minimum Gasteiger partial charge on any atom is -0.356 e. The van der Waals surface area contributed by atoms with E-state index in [1.165, 1.54) is 0 Å². The molecular weight excluding hydrogens is 330 g/mol. The van der Waals surface area contributed by atoms with E-state index in [4.69, 9.17) is 20.6 Å². The maximum Gasteiger partial charge on any atom is 0.278 e. The fraction of sp³-hybridized carbons (Fsp3) is 0.125. The predicted octanol–water partition coefficient (Wildman–Crippen LogP) is 3.44. The van der Waals surface area contributed by atoms with Crippen molar-refractivity contribution in [2.24, 2.45) is 0 Å². The molecule has 0 atom stereocenters. The van der Waals surface area contributed by atoms with Crippen LogP contribution in [0, 0.1) is 6.92 Å². The Morgan fingerprint density at radius 3 is 3.00 bits per heavy atom. The lowest BCUT2D eigenvalue weighted by Crippen LogP contribution is -1.99. The third kappa shape index (κ3) is 1.85. The van der Waals surface area contributed by atoms with Gasteiger partial charge in [0.05, 0.1) is 17.6 Å². The zero-order chi connectivity index (χ0) is 16.3. The Bertz CT molecular complexity index is 1080. The molecule has 0 fully saturated rings. The van der Waals surface area contributed by atoms with E-state index in [1.807, 2.05) is 22.8 Å². The van der Waals surface area contributed by atoms with Gasteiger partial charge in [0, 0.05) is 22.6 Å². The molecule has 0 unspecified atom stereocenters.